The number of carbonyl (C=O) groups is 1. The predicted molar refractivity (Wildman–Crippen MR) is 53.9 cm³/mol. The number of hydrogen-bond acceptors (Lipinski definition) is 3. The molecule has 1 amide bonds. The van der Waals surface area contributed by atoms with E-state index in [1.165, 1.54) is 0 Å². The molecule has 1 aliphatic heterocycles. The molecule has 1 saturated heterocycles. The highest BCUT2D eigenvalue weighted by molar-refractivity contribution is 5.76. The average molecular weight is 209 g/mol. The summed E-state index contributed by atoms with van der Waals surface area (Å²) in [4.78, 5) is 13.3. The van der Waals surface area contributed by atoms with Crippen molar-refractivity contribution in [2.75, 3.05) is 6.54 Å². The van der Waals surface area contributed by atoms with Gasteiger partial charge >= 0.3 is 0 Å². The summed E-state index contributed by atoms with van der Waals surface area (Å²) in [6.07, 6.45) is 2.71. The minimum absolute atomic E-state index is 0.0893. The van der Waals surface area contributed by atoms with Gasteiger partial charge in [-0.05, 0) is 25.0 Å². The van der Waals surface area contributed by atoms with Crippen LogP contribution in [-0.2, 0) is 17.9 Å². The fraction of sp³-hybridized carbons (Fsp3) is 0.545. The fourth-order valence-corrected chi connectivity index (χ4v) is 1.81. The Kier molecular flexibility index (Phi) is 3.06. The van der Waals surface area contributed by atoms with E-state index in [1.54, 1.807) is 6.07 Å². The minimum Gasteiger partial charge on any atom is -0.462 e. The van der Waals surface area contributed by atoms with Gasteiger partial charge in [-0.15, -0.1) is 0 Å². The Balaban J connectivity index is 1.98. The van der Waals surface area contributed by atoms with Crippen molar-refractivity contribution < 1.29 is 14.3 Å². The molecule has 4 heteroatoms. The van der Waals surface area contributed by atoms with Crippen molar-refractivity contribution in [3.63, 3.8) is 0 Å². The maximum absolute atomic E-state index is 11.5. The van der Waals surface area contributed by atoms with Gasteiger partial charge in [-0.1, -0.05) is 0 Å². The van der Waals surface area contributed by atoms with Gasteiger partial charge in [0.1, 0.15) is 18.1 Å². The van der Waals surface area contributed by atoms with Crippen LogP contribution in [0.15, 0.2) is 16.5 Å². The Bertz CT molecular complexity index is 345. The number of likely N-dealkylation sites (tertiary alicyclic amines) is 1. The Morgan fingerprint density at radius 3 is 2.80 bits per heavy atom. The molecular weight excluding hydrogens is 194 g/mol. The van der Waals surface area contributed by atoms with E-state index in [0.29, 0.717) is 18.7 Å². The van der Waals surface area contributed by atoms with Crippen molar-refractivity contribution in [2.24, 2.45) is 0 Å². The number of rotatable bonds is 3. The Morgan fingerprint density at radius 2 is 2.13 bits per heavy atom. The molecule has 0 saturated carbocycles. The second kappa shape index (κ2) is 4.49. The van der Waals surface area contributed by atoms with Gasteiger partial charge in [0.05, 0.1) is 6.54 Å². The van der Waals surface area contributed by atoms with Crippen LogP contribution in [0, 0.1) is 0 Å². The monoisotopic (exact) mass is 209 g/mol. The van der Waals surface area contributed by atoms with Gasteiger partial charge in [0.25, 0.3) is 0 Å². The summed E-state index contributed by atoms with van der Waals surface area (Å²) >= 11 is 0. The number of carbonyl (C=O) groups excluding carboxylic acids is 1. The lowest BCUT2D eigenvalue weighted by Gasteiger charge is -2.25. The third-order valence-electron chi connectivity index (χ3n) is 2.64. The third kappa shape index (κ3) is 2.39. The maximum Gasteiger partial charge on any atom is 0.222 e. The summed E-state index contributed by atoms with van der Waals surface area (Å²) in [5, 5.41) is 8.83. The average Bonchev–Trinajstić information content (AvgIpc) is 2.69. The lowest BCUT2D eigenvalue weighted by atomic mass is 10.1. The summed E-state index contributed by atoms with van der Waals surface area (Å²) in [5.41, 5.74) is 0. The largest absolute Gasteiger partial charge is 0.462 e. The summed E-state index contributed by atoms with van der Waals surface area (Å²) in [6, 6.07) is 3.55. The van der Waals surface area contributed by atoms with Crippen LogP contribution in [0.1, 0.15) is 30.8 Å². The molecule has 0 atom stereocenters. The van der Waals surface area contributed by atoms with Crippen LogP contribution in [0.5, 0.6) is 0 Å². The van der Waals surface area contributed by atoms with Gasteiger partial charge in [-0.25, -0.2) is 0 Å². The van der Waals surface area contributed by atoms with E-state index in [2.05, 4.69) is 0 Å². The molecule has 1 aromatic heterocycles. The highest BCUT2D eigenvalue weighted by Crippen LogP contribution is 2.16. The topological polar surface area (TPSA) is 53.7 Å². The molecule has 0 aromatic carbocycles. The van der Waals surface area contributed by atoms with E-state index in [9.17, 15) is 4.79 Å². The Morgan fingerprint density at radius 1 is 1.33 bits per heavy atom. The van der Waals surface area contributed by atoms with Gasteiger partial charge in [0.2, 0.25) is 5.91 Å². The molecule has 0 radical (unpaired) electrons. The summed E-state index contributed by atoms with van der Waals surface area (Å²) in [5.74, 6) is 1.49. The molecular formula is C11H15NO3. The van der Waals surface area contributed by atoms with Gasteiger partial charge in [-0.2, -0.15) is 0 Å². The second-order valence-corrected chi connectivity index (χ2v) is 3.80. The third-order valence-corrected chi connectivity index (χ3v) is 2.64. The van der Waals surface area contributed by atoms with Crippen LogP contribution in [0.3, 0.4) is 0 Å². The molecule has 82 valence electrons. The first-order valence-corrected chi connectivity index (χ1v) is 5.26. The van der Waals surface area contributed by atoms with Gasteiger partial charge < -0.3 is 14.4 Å². The van der Waals surface area contributed by atoms with Crippen molar-refractivity contribution in [3.05, 3.63) is 23.7 Å². The summed E-state index contributed by atoms with van der Waals surface area (Å²) in [7, 11) is 0. The number of aliphatic hydroxyl groups is 1. The molecule has 0 spiro atoms. The van der Waals surface area contributed by atoms with Crippen LogP contribution in [0.2, 0.25) is 0 Å². The quantitative estimate of drug-likeness (QED) is 0.816. The highest BCUT2D eigenvalue weighted by atomic mass is 16.4. The second-order valence-electron chi connectivity index (χ2n) is 3.80. The van der Waals surface area contributed by atoms with Gasteiger partial charge in [-0.3, -0.25) is 4.79 Å². The van der Waals surface area contributed by atoms with E-state index < -0.39 is 0 Å². The van der Waals surface area contributed by atoms with Crippen LogP contribution < -0.4 is 0 Å². The van der Waals surface area contributed by atoms with Gasteiger partial charge in [0, 0.05) is 13.0 Å². The first-order valence-electron chi connectivity index (χ1n) is 5.26. The van der Waals surface area contributed by atoms with E-state index in [4.69, 9.17) is 9.52 Å². The Hall–Kier alpha value is -1.29. The number of furan rings is 1. The minimum atomic E-state index is -0.0893. The summed E-state index contributed by atoms with van der Waals surface area (Å²) < 4.78 is 5.34. The standard InChI is InChI=1S/C11H15NO3/c13-8-10-5-4-9(15-10)7-12-6-2-1-3-11(12)14/h4-5,13H,1-3,6-8H2. The number of amides is 1. The van der Waals surface area contributed by atoms with Crippen molar-refractivity contribution in [3.8, 4) is 0 Å². The lowest BCUT2D eigenvalue weighted by Crippen LogP contribution is -2.34. The van der Waals surface area contributed by atoms with E-state index in [-0.39, 0.29) is 12.5 Å². The van der Waals surface area contributed by atoms with Crippen LogP contribution in [0.4, 0.5) is 0 Å². The molecule has 2 rings (SSSR count). The number of nitrogens with zero attached hydrogens (tertiary/aromatic N) is 1. The molecule has 1 fully saturated rings. The molecule has 1 N–H and O–H groups in total. The predicted octanol–water partition coefficient (Wildman–Crippen LogP) is 1.28. The van der Waals surface area contributed by atoms with Crippen LogP contribution in [0.25, 0.3) is 0 Å². The molecule has 1 aromatic rings. The van der Waals surface area contributed by atoms with Crippen molar-refractivity contribution in [1.29, 1.82) is 0 Å². The van der Waals surface area contributed by atoms with E-state index in [1.807, 2.05) is 11.0 Å². The molecule has 1 aliphatic rings. The molecule has 0 bridgehead atoms. The smallest absolute Gasteiger partial charge is 0.222 e. The first-order chi connectivity index (χ1) is 7.29. The molecule has 4 nitrogen and oxygen atoms in total. The molecule has 0 aliphatic carbocycles. The molecule has 0 unspecified atom stereocenters. The zero-order chi connectivity index (χ0) is 10.7. The SMILES string of the molecule is O=C1CCCCN1Cc1ccc(CO)o1. The van der Waals surface area contributed by atoms with E-state index in [0.717, 1.165) is 25.1 Å². The first kappa shape index (κ1) is 10.2. The lowest BCUT2D eigenvalue weighted by molar-refractivity contribution is -0.134. The van der Waals surface area contributed by atoms with E-state index >= 15 is 0 Å². The fourth-order valence-electron chi connectivity index (χ4n) is 1.81. The number of aliphatic hydroxyl groups excluding tert-OH is 1. The van der Waals surface area contributed by atoms with Crippen LogP contribution in [-0.4, -0.2) is 22.5 Å². The Labute approximate surface area is 88.5 Å². The zero-order valence-corrected chi connectivity index (χ0v) is 8.61. The van der Waals surface area contributed by atoms with Gasteiger partial charge in [0.15, 0.2) is 0 Å². The molecule has 2 heterocycles. The zero-order valence-electron chi connectivity index (χ0n) is 8.61. The van der Waals surface area contributed by atoms with Crippen LogP contribution >= 0.6 is 0 Å². The number of piperidine rings is 1. The summed E-state index contributed by atoms with van der Waals surface area (Å²) in [6.45, 7) is 1.25. The molecule has 15 heavy (non-hydrogen) atoms. The maximum atomic E-state index is 11.5. The van der Waals surface area contributed by atoms with Crippen molar-refractivity contribution >= 4 is 5.91 Å². The van der Waals surface area contributed by atoms with Crippen molar-refractivity contribution in [2.45, 2.75) is 32.4 Å². The normalized spacial score (nSPS) is 17.1. The number of hydrogen-bond donors (Lipinski definition) is 1. The highest BCUT2D eigenvalue weighted by Gasteiger charge is 2.19. The van der Waals surface area contributed by atoms with Crippen molar-refractivity contribution in [1.82, 2.24) is 4.90 Å².